The molecule has 0 heterocycles. The van der Waals surface area contributed by atoms with Gasteiger partial charge in [-0.1, -0.05) is 38.1 Å². The smallest absolute Gasteiger partial charge is 0.173 e. The van der Waals surface area contributed by atoms with Gasteiger partial charge in [0.2, 0.25) is 0 Å². The van der Waals surface area contributed by atoms with Crippen molar-refractivity contribution in [2.45, 2.75) is 19.9 Å². The molecule has 1 N–H and O–H groups in total. The van der Waals surface area contributed by atoms with E-state index in [1.54, 1.807) is 12.1 Å². The summed E-state index contributed by atoms with van der Waals surface area (Å²) in [6, 6.07) is 4.83. The van der Waals surface area contributed by atoms with E-state index in [9.17, 15) is 4.39 Å². The van der Waals surface area contributed by atoms with Gasteiger partial charge in [-0.25, -0.2) is 4.39 Å². The lowest BCUT2D eigenvalue weighted by molar-refractivity contribution is 0.328. The molecule has 1 rings (SSSR count). The first kappa shape index (κ1) is 14.0. The van der Waals surface area contributed by atoms with Crippen molar-refractivity contribution in [3.63, 3.8) is 0 Å². The van der Waals surface area contributed by atoms with Crippen molar-refractivity contribution < 1.29 is 9.13 Å². The molecule has 2 nitrogen and oxygen atoms in total. The number of halogens is 2. The van der Waals surface area contributed by atoms with E-state index in [0.29, 0.717) is 12.6 Å². The highest BCUT2D eigenvalue weighted by molar-refractivity contribution is 6.32. The lowest BCUT2D eigenvalue weighted by Gasteiger charge is -2.12. The van der Waals surface area contributed by atoms with Crippen LogP contribution in [0.5, 0.6) is 5.75 Å². The van der Waals surface area contributed by atoms with Crippen LogP contribution >= 0.6 is 11.6 Å². The molecule has 17 heavy (non-hydrogen) atoms. The van der Waals surface area contributed by atoms with Gasteiger partial charge in [-0.3, -0.25) is 0 Å². The average molecular weight is 258 g/mol. The van der Waals surface area contributed by atoms with E-state index < -0.39 is 5.82 Å². The molecule has 0 atom stereocenters. The molecule has 0 aromatic heterocycles. The molecule has 0 radical (unpaired) electrons. The van der Waals surface area contributed by atoms with Gasteiger partial charge in [-0.05, 0) is 17.7 Å². The van der Waals surface area contributed by atoms with E-state index in [0.717, 1.165) is 5.57 Å². The zero-order valence-corrected chi connectivity index (χ0v) is 10.9. The standard InChI is InChI=1S/C13H17ClFNO/c1-9(2)16-7-10(3)8-17-13-11(14)5-4-6-12(13)15/h4-6,9,16H,3,7-8H2,1-2H3. The number of ether oxygens (including phenoxy) is 1. The van der Waals surface area contributed by atoms with Gasteiger partial charge in [0, 0.05) is 12.6 Å². The van der Waals surface area contributed by atoms with Gasteiger partial charge in [0.05, 0.1) is 5.02 Å². The molecule has 1 aromatic carbocycles. The lowest BCUT2D eigenvalue weighted by atomic mass is 10.3. The van der Waals surface area contributed by atoms with Crippen molar-refractivity contribution in [1.29, 1.82) is 0 Å². The van der Waals surface area contributed by atoms with Gasteiger partial charge in [0.25, 0.3) is 0 Å². The van der Waals surface area contributed by atoms with E-state index in [4.69, 9.17) is 16.3 Å². The number of nitrogens with one attached hydrogen (secondary N) is 1. The molecular formula is C13H17ClFNO. The maximum Gasteiger partial charge on any atom is 0.173 e. The first-order valence-corrected chi connectivity index (χ1v) is 5.85. The molecule has 0 aliphatic heterocycles. The SMILES string of the molecule is C=C(CNC(C)C)COc1c(F)cccc1Cl. The number of hydrogen-bond acceptors (Lipinski definition) is 2. The summed E-state index contributed by atoms with van der Waals surface area (Å²) in [5, 5.41) is 3.48. The van der Waals surface area contributed by atoms with Crippen LogP contribution in [0.2, 0.25) is 5.02 Å². The largest absolute Gasteiger partial charge is 0.485 e. The van der Waals surface area contributed by atoms with Crippen molar-refractivity contribution in [3.05, 3.63) is 41.2 Å². The molecule has 0 aliphatic rings. The molecule has 0 unspecified atom stereocenters. The Hall–Kier alpha value is -1.06. The molecule has 0 saturated heterocycles. The van der Waals surface area contributed by atoms with Gasteiger partial charge in [-0.15, -0.1) is 0 Å². The minimum absolute atomic E-state index is 0.0832. The highest BCUT2D eigenvalue weighted by Crippen LogP contribution is 2.27. The number of hydrogen-bond donors (Lipinski definition) is 1. The third kappa shape index (κ3) is 4.75. The van der Waals surface area contributed by atoms with Crippen LogP contribution in [0.1, 0.15) is 13.8 Å². The van der Waals surface area contributed by atoms with E-state index in [1.165, 1.54) is 6.07 Å². The van der Waals surface area contributed by atoms with Crippen molar-refractivity contribution in [2.75, 3.05) is 13.2 Å². The fourth-order valence-corrected chi connectivity index (χ4v) is 1.41. The van der Waals surface area contributed by atoms with Crippen LogP contribution in [-0.2, 0) is 0 Å². The van der Waals surface area contributed by atoms with Crippen molar-refractivity contribution in [1.82, 2.24) is 5.32 Å². The van der Waals surface area contributed by atoms with Crippen LogP contribution in [-0.4, -0.2) is 19.2 Å². The van der Waals surface area contributed by atoms with Crippen molar-refractivity contribution in [2.24, 2.45) is 0 Å². The van der Waals surface area contributed by atoms with E-state index in [-0.39, 0.29) is 17.4 Å². The molecule has 94 valence electrons. The predicted molar refractivity (Wildman–Crippen MR) is 69.2 cm³/mol. The Balaban J connectivity index is 2.47. The first-order chi connectivity index (χ1) is 8.00. The second-order valence-electron chi connectivity index (χ2n) is 4.13. The van der Waals surface area contributed by atoms with Gasteiger partial charge in [0.15, 0.2) is 11.6 Å². The summed E-state index contributed by atoms with van der Waals surface area (Å²) in [4.78, 5) is 0. The van der Waals surface area contributed by atoms with Crippen LogP contribution in [0.15, 0.2) is 30.4 Å². The van der Waals surface area contributed by atoms with Crippen LogP contribution in [0.3, 0.4) is 0 Å². The van der Waals surface area contributed by atoms with Crippen LogP contribution in [0.25, 0.3) is 0 Å². The molecule has 0 amide bonds. The normalized spacial score (nSPS) is 10.6. The Kier molecular flexibility index (Phi) is 5.45. The minimum atomic E-state index is -0.456. The fraction of sp³-hybridized carbons (Fsp3) is 0.385. The molecule has 0 aliphatic carbocycles. The maximum atomic E-state index is 13.4. The Morgan fingerprint density at radius 2 is 2.24 bits per heavy atom. The van der Waals surface area contributed by atoms with Gasteiger partial charge in [-0.2, -0.15) is 0 Å². The van der Waals surface area contributed by atoms with E-state index in [1.807, 2.05) is 13.8 Å². The summed E-state index contributed by atoms with van der Waals surface area (Å²) in [6.07, 6.45) is 0. The highest BCUT2D eigenvalue weighted by atomic mass is 35.5. The van der Waals surface area contributed by atoms with Crippen LogP contribution < -0.4 is 10.1 Å². The van der Waals surface area contributed by atoms with E-state index >= 15 is 0 Å². The second kappa shape index (κ2) is 6.62. The van der Waals surface area contributed by atoms with E-state index in [2.05, 4.69) is 11.9 Å². The highest BCUT2D eigenvalue weighted by Gasteiger charge is 2.08. The molecule has 0 fully saturated rings. The molecule has 4 heteroatoms. The second-order valence-corrected chi connectivity index (χ2v) is 4.53. The molecule has 0 bridgehead atoms. The number of benzene rings is 1. The number of para-hydroxylation sites is 1. The van der Waals surface area contributed by atoms with Crippen LogP contribution in [0.4, 0.5) is 4.39 Å². The maximum absolute atomic E-state index is 13.4. The molecule has 0 spiro atoms. The fourth-order valence-electron chi connectivity index (χ4n) is 1.19. The van der Waals surface area contributed by atoms with Gasteiger partial charge in [0.1, 0.15) is 6.61 Å². The Bertz CT molecular complexity index is 373. The minimum Gasteiger partial charge on any atom is -0.485 e. The summed E-state index contributed by atoms with van der Waals surface area (Å²) < 4.78 is 18.7. The average Bonchev–Trinajstić information content (AvgIpc) is 2.25. The van der Waals surface area contributed by atoms with Crippen molar-refractivity contribution in [3.8, 4) is 5.75 Å². The third-order valence-electron chi connectivity index (χ3n) is 2.10. The summed E-state index contributed by atoms with van der Waals surface area (Å²) in [7, 11) is 0. The Labute approximate surface area is 106 Å². The monoisotopic (exact) mass is 257 g/mol. The quantitative estimate of drug-likeness (QED) is 0.789. The zero-order chi connectivity index (χ0) is 12.8. The Morgan fingerprint density at radius 1 is 1.53 bits per heavy atom. The van der Waals surface area contributed by atoms with Gasteiger partial charge >= 0.3 is 0 Å². The van der Waals surface area contributed by atoms with Crippen LogP contribution in [0, 0.1) is 5.82 Å². The van der Waals surface area contributed by atoms with Crippen molar-refractivity contribution >= 4 is 11.6 Å². The first-order valence-electron chi connectivity index (χ1n) is 5.47. The summed E-state index contributed by atoms with van der Waals surface area (Å²) in [5.74, 6) is -0.373. The third-order valence-corrected chi connectivity index (χ3v) is 2.40. The summed E-state index contributed by atoms with van der Waals surface area (Å²) in [6.45, 7) is 8.83. The zero-order valence-electron chi connectivity index (χ0n) is 10.1. The molecule has 1 aromatic rings. The predicted octanol–water partition coefficient (Wildman–Crippen LogP) is 3.41. The number of rotatable bonds is 6. The molecule has 0 saturated carbocycles. The summed E-state index contributed by atoms with van der Waals surface area (Å²) in [5.41, 5.74) is 0.845. The molecular weight excluding hydrogens is 241 g/mol. The summed E-state index contributed by atoms with van der Waals surface area (Å²) >= 11 is 5.83. The topological polar surface area (TPSA) is 21.3 Å². The van der Waals surface area contributed by atoms with Gasteiger partial charge < -0.3 is 10.1 Å². The Morgan fingerprint density at radius 3 is 2.82 bits per heavy atom. The lowest BCUT2D eigenvalue weighted by Crippen LogP contribution is -2.26.